The minimum atomic E-state index is -0.674. The van der Waals surface area contributed by atoms with E-state index in [-0.39, 0.29) is 22.8 Å². The van der Waals surface area contributed by atoms with Crippen LogP contribution in [-0.4, -0.2) is 30.2 Å². The monoisotopic (exact) mass is 476 g/mol. The Hall–Kier alpha value is -4.17. The number of amides is 4. The molecule has 3 aromatic rings. The van der Waals surface area contributed by atoms with Crippen molar-refractivity contribution in [2.45, 2.75) is 12.8 Å². The Labute approximate surface area is 200 Å². The number of hydrogen-bond donors (Lipinski definition) is 3. The van der Waals surface area contributed by atoms with Gasteiger partial charge >= 0.3 is 0 Å². The quantitative estimate of drug-likeness (QED) is 0.496. The van der Waals surface area contributed by atoms with E-state index in [0.29, 0.717) is 29.1 Å². The SMILES string of the molecule is NC(=O)c1ccc(NC(=O)c2ccc(N3CCCC3=O)cc2)c(NC(=O)c2ccc(Cl)cc2)c1. The molecule has 1 aliphatic rings. The average molecular weight is 477 g/mol. The molecule has 0 spiro atoms. The Morgan fingerprint density at radius 2 is 1.35 bits per heavy atom. The van der Waals surface area contributed by atoms with E-state index in [1.165, 1.54) is 18.2 Å². The van der Waals surface area contributed by atoms with E-state index in [0.717, 1.165) is 12.1 Å². The summed E-state index contributed by atoms with van der Waals surface area (Å²) in [6.45, 7) is 0.660. The molecule has 4 N–H and O–H groups in total. The summed E-state index contributed by atoms with van der Waals surface area (Å²) in [6.07, 6.45) is 1.33. The molecule has 1 aliphatic heterocycles. The molecular weight excluding hydrogens is 456 g/mol. The van der Waals surface area contributed by atoms with Crippen LogP contribution in [0.2, 0.25) is 5.02 Å². The van der Waals surface area contributed by atoms with Crippen LogP contribution in [0.4, 0.5) is 17.1 Å². The lowest BCUT2D eigenvalue weighted by atomic mass is 10.1. The van der Waals surface area contributed by atoms with Gasteiger partial charge in [-0.2, -0.15) is 0 Å². The number of carbonyl (C=O) groups is 4. The van der Waals surface area contributed by atoms with Crippen molar-refractivity contribution >= 4 is 52.3 Å². The summed E-state index contributed by atoms with van der Waals surface area (Å²) < 4.78 is 0. The molecule has 1 fully saturated rings. The van der Waals surface area contributed by atoms with Gasteiger partial charge in [0.2, 0.25) is 11.8 Å². The maximum absolute atomic E-state index is 12.9. The van der Waals surface area contributed by atoms with Gasteiger partial charge in [-0.15, -0.1) is 0 Å². The zero-order valence-corrected chi connectivity index (χ0v) is 18.8. The highest BCUT2D eigenvalue weighted by molar-refractivity contribution is 6.30. The van der Waals surface area contributed by atoms with Crippen molar-refractivity contribution in [3.63, 3.8) is 0 Å². The van der Waals surface area contributed by atoms with Gasteiger partial charge in [0.15, 0.2) is 0 Å². The number of halogens is 1. The highest BCUT2D eigenvalue weighted by Crippen LogP contribution is 2.26. The van der Waals surface area contributed by atoms with E-state index in [1.807, 2.05) is 0 Å². The number of nitrogens with one attached hydrogen (secondary N) is 2. The first-order valence-corrected chi connectivity index (χ1v) is 10.9. The Morgan fingerprint density at radius 3 is 1.91 bits per heavy atom. The number of benzene rings is 3. The van der Waals surface area contributed by atoms with Crippen LogP contribution in [0.1, 0.15) is 43.9 Å². The van der Waals surface area contributed by atoms with Gasteiger partial charge in [0.25, 0.3) is 11.8 Å². The number of primary amides is 1. The van der Waals surface area contributed by atoms with Crippen LogP contribution in [0.3, 0.4) is 0 Å². The van der Waals surface area contributed by atoms with Gasteiger partial charge in [-0.3, -0.25) is 19.2 Å². The molecule has 0 bridgehead atoms. The van der Waals surface area contributed by atoms with Gasteiger partial charge in [-0.1, -0.05) is 11.6 Å². The van der Waals surface area contributed by atoms with E-state index in [4.69, 9.17) is 17.3 Å². The maximum atomic E-state index is 12.9. The maximum Gasteiger partial charge on any atom is 0.255 e. The van der Waals surface area contributed by atoms with Crippen molar-refractivity contribution < 1.29 is 19.2 Å². The normalized spacial score (nSPS) is 13.0. The van der Waals surface area contributed by atoms with E-state index in [2.05, 4.69) is 10.6 Å². The lowest BCUT2D eigenvalue weighted by molar-refractivity contribution is -0.117. The molecule has 1 saturated heterocycles. The summed E-state index contributed by atoms with van der Waals surface area (Å²) in [6, 6.07) is 17.3. The molecule has 0 unspecified atom stereocenters. The summed E-state index contributed by atoms with van der Waals surface area (Å²) in [5.41, 5.74) is 7.50. The molecule has 0 saturated carbocycles. The molecule has 1 heterocycles. The first-order valence-electron chi connectivity index (χ1n) is 10.5. The van der Waals surface area contributed by atoms with Crippen LogP contribution in [0.5, 0.6) is 0 Å². The third-order valence-electron chi connectivity index (χ3n) is 5.42. The zero-order chi connectivity index (χ0) is 24.2. The van der Waals surface area contributed by atoms with Crippen molar-refractivity contribution in [2.24, 2.45) is 5.73 Å². The van der Waals surface area contributed by atoms with Crippen LogP contribution in [0.25, 0.3) is 0 Å². The summed E-state index contributed by atoms with van der Waals surface area (Å²) in [7, 11) is 0. The number of nitrogens with zero attached hydrogens (tertiary/aromatic N) is 1. The predicted molar refractivity (Wildman–Crippen MR) is 130 cm³/mol. The van der Waals surface area contributed by atoms with Crippen molar-refractivity contribution in [3.8, 4) is 0 Å². The van der Waals surface area contributed by atoms with Gasteiger partial charge in [-0.05, 0) is 73.2 Å². The van der Waals surface area contributed by atoms with Gasteiger partial charge in [-0.25, -0.2) is 0 Å². The van der Waals surface area contributed by atoms with E-state index < -0.39 is 17.7 Å². The molecule has 34 heavy (non-hydrogen) atoms. The van der Waals surface area contributed by atoms with E-state index in [1.54, 1.807) is 53.4 Å². The van der Waals surface area contributed by atoms with Crippen molar-refractivity contribution in [1.29, 1.82) is 0 Å². The van der Waals surface area contributed by atoms with Gasteiger partial charge in [0, 0.05) is 40.4 Å². The van der Waals surface area contributed by atoms with Gasteiger partial charge < -0.3 is 21.3 Å². The fourth-order valence-corrected chi connectivity index (χ4v) is 3.74. The Balaban J connectivity index is 1.55. The van der Waals surface area contributed by atoms with Crippen LogP contribution >= 0.6 is 11.6 Å². The highest BCUT2D eigenvalue weighted by Gasteiger charge is 2.22. The third kappa shape index (κ3) is 5.07. The average Bonchev–Trinajstić information content (AvgIpc) is 3.26. The van der Waals surface area contributed by atoms with Crippen LogP contribution < -0.4 is 21.3 Å². The number of carbonyl (C=O) groups excluding carboxylic acids is 4. The lowest BCUT2D eigenvalue weighted by Crippen LogP contribution is -2.23. The second-order valence-corrected chi connectivity index (χ2v) is 8.17. The molecular formula is C25H21ClN4O4. The lowest BCUT2D eigenvalue weighted by Gasteiger charge is -2.16. The minimum absolute atomic E-state index is 0.0628. The van der Waals surface area contributed by atoms with Crippen LogP contribution in [-0.2, 0) is 4.79 Å². The molecule has 4 amide bonds. The molecule has 4 rings (SSSR count). The first kappa shape index (κ1) is 23.0. The molecule has 0 radical (unpaired) electrons. The summed E-state index contributed by atoms with van der Waals surface area (Å²) >= 11 is 5.88. The number of hydrogen-bond acceptors (Lipinski definition) is 4. The molecule has 172 valence electrons. The third-order valence-corrected chi connectivity index (χ3v) is 5.67. The van der Waals surface area contributed by atoms with Crippen molar-refractivity contribution in [1.82, 2.24) is 0 Å². The van der Waals surface area contributed by atoms with E-state index >= 15 is 0 Å². The summed E-state index contributed by atoms with van der Waals surface area (Å²) in [4.78, 5) is 50.8. The smallest absolute Gasteiger partial charge is 0.255 e. The fraction of sp³-hybridized carbons (Fsp3) is 0.120. The van der Waals surface area contributed by atoms with Crippen LogP contribution in [0.15, 0.2) is 66.7 Å². The molecule has 9 heteroatoms. The first-order chi connectivity index (χ1) is 16.3. The fourth-order valence-electron chi connectivity index (χ4n) is 3.61. The Bertz CT molecular complexity index is 1270. The standard InChI is InChI=1S/C25H21ClN4O4/c26-18-8-3-15(4-9-18)25(34)29-21-14-17(23(27)32)7-12-20(21)28-24(33)16-5-10-19(11-6-16)30-13-1-2-22(30)31/h3-12,14H,1-2,13H2,(H2,27,32)(H,28,33)(H,29,34). The second kappa shape index (κ2) is 9.76. The molecule has 0 aromatic heterocycles. The van der Waals surface area contributed by atoms with E-state index in [9.17, 15) is 19.2 Å². The largest absolute Gasteiger partial charge is 0.366 e. The molecule has 3 aromatic carbocycles. The number of rotatable bonds is 6. The highest BCUT2D eigenvalue weighted by atomic mass is 35.5. The number of nitrogens with two attached hydrogens (primary N) is 1. The zero-order valence-electron chi connectivity index (χ0n) is 18.0. The summed E-state index contributed by atoms with van der Waals surface area (Å²) in [5.74, 6) is -1.48. The molecule has 0 atom stereocenters. The summed E-state index contributed by atoms with van der Waals surface area (Å²) in [5, 5.41) is 5.94. The molecule has 0 aliphatic carbocycles. The topological polar surface area (TPSA) is 122 Å². The van der Waals surface area contributed by atoms with Gasteiger partial charge in [0.05, 0.1) is 11.4 Å². The Kier molecular flexibility index (Phi) is 6.60. The van der Waals surface area contributed by atoms with Crippen molar-refractivity contribution in [3.05, 3.63) is 88.4 Å². The van der Waals surface area contributed by atoms with Crippen LogP contribution in [0, 0.1) is 0 Å². The second-order valence-electron chi connectivity index (χ2n) is 7.74. The van der Waals surface area contributed by atoms with Gasteiger partial charge in [0.1, 0.15) is 0 Å². The Morgan fingerprint density at radius 1 is 0.794 bits per heavy atom. The predicted octanol–water partition coefficient (Wildman–Crippen LogP) is 4.07. The molecule has 8 nitrogen and oxygen atoms in total. The minimum Gasteiger partial charge on any atom is -0.366 e. The van der Waals surface area contributed by atoms with Crippen molar-refractivity contribution in [2.75, 3.05) is 22.1 Å². The number of anilines is 3.